The second kappa shape index (κ2) is 7.49. The first kappa shape index (κ1) is 21.6. The molecule has 0 saturated heterocycles. The summed E-state index contributed by atoms with van der Waals surface area (Å²) in [5.74, 6) is 0.728. The lowest BCUT2D eigenvalue weighted by atomic mass is 9.91. The van der Waals surface area contributed by atoms with Crippen LogP contribution >= 0.6 is 12.2 Å². The predicted octanol–water partition coefficient (Wildman–Crippen LogP) is 6.27. The third-order valence-electron chi connectivity index (χ3n) is 6.90. The van der Waals surface area contributed by atoms with E-state index in [1.807, 2.05) is 18.3 Å². The Hall–Kier alpha value is -2.66. The smallest absolute Gasteiger partial charge is 0.254 e. The number of aryl methyl sites for hydroxylation is 2. The van der Waals surface area contributed by atoms with Gasteiger partial charge in [0.05, 0.1) is 21.6 Å². The molecule has 1 atom stereocenters. The fourth-order valence-corrected chi connectivity index (χ4v) is 4.68. The van der Waals surface area contributed by atoms with Crippen LogP contribution in [0.15, 0.2) is 30.5 Å². The van der Waals surface area contributed by atoms with Gasteiger partial charge in [0.15, 0.2) is 0 Å². The molecule has 0 fully saturated rings. The maximum atomic E-state index is 13.2. The predicted molar refractivity (Wildman–Crippen MR) is 129 cm³/mol. The molecular weight excluding hydrogens is 404 g/mol. The molecule has 0 radical (unpaired) electrons. The number of amides is 1. The summed E-state index contributed by atoms with van der Waals surface area (Å²) in [5.41, 5.74) is 6.78. The van der Waals surface area contributed by atoms with Crippen molar-refractivity contribution >= 4 is 29.0 Å². The maximum Gasteiger partial charge on any atom is 0.254 e. The van der Waals surface area contributed by atoms with E-state index in [0.717, 1.165) is 38.9 Å². The highest BCUT2D eigenvalue weighted by molar-refractivity contribution is 7.71. The van der Waals surface area contributed by atoms with Crippen LogP contribution < -0.4 is 10.1 Å². The zero-order valence-electron chi connectivity index (χ0n) is 19.3. The molecule has 1 N–H and O–H groups in total. The second-order valence-electron chi connectivity index (χ2n) is 9.26. The number of hydrogen-bond acceptors (Lipinski definition) is 3. The van der Waals surface area contributed by atoms with Gasteiger partial charge >= 0.3 is 0 Å². The molecule has 3 aromatic rings. The van der Waals surface area contributed by atoms with Crippen LogP contribution in [-0.2, 0) is 6.54 Å². The van der Waals surface area contributed by atoms with Gasteiger partial charge in [-0.15, -0.1) is 0 Å². The molecule has 1 amide bonds. The first-order chi connectivity index (χ1) is 14.5. The minimum atomic E-state index is -0.407. The molecule has 0 bridgehead atoms. The van der Waals surface area contributed by atoms with E-state index in [4.69, 9.17) is 17.0 Å². The Morgan fingerprint density at radius 3 is 2.39 bits per heavy atom. The third kappa shape index (κ3) is 3.45. The topological polar surface area (TPSA) is 43.3 Å². The van der Waals surface area contributed by atoms with Gasteiger partial charge in [-0.25, -0.2) is 0 Å². The molecule has 0 spiro atoms. The molecule has 4 rings (SSSR count). The van der Waals surface area contributed by atoms with E-state index in [1.54, 1.807) is 0 Å². The number of aromatic nitrogens is 1. The monoisotopic (exact) mass is 434 g/mol. The van der Waals surface area contributed by atoms with Gasteiger partial charge < -0.3 is 14.6 Å². The lowest BCUT2D eigenvalue weighted by Crippen LogP contribution is -2.41. The van der Waals surface area contributed by atoms with Gasteiger partial charge in [0.2, 0.25) is 0 Å². The highest BCUT2D eigenvalue weighted by atomic mass is 32.1. The van der Waals surface area contributed by atoms with Crippen LogP contribution in [0.4, 0.5) is 0 Å². The number of carbonyl (C=O) groups excluding carboxylic acids is 1. The van der Waals surface area contributed by atoms with Crippen LogP contribution in [0.1, 0.15) is 65.0 Å². The molecule has 0 unspecified atom stereocenters. The highest BCUT2D eigenvalue weighted by Crippen LogP contribution is 2.45. The summed E-state index contributed by atoms with van der Waals surface area (Å²) in [4.78, 5) is 13.2. The molecule has 2 heterocycles. The number of pyridine rings is 1. The number of hydrogen-bond donors (Lipinski definition) is 1. The lowest BCUT2D eigenvalue weighted by molar-refractivity contribution is 0.0472. The fraction of sp³-hybridized carbons (Fsp3) is 0.385. The average molecular weight is 435 g/mol. The average Bonchev–Trinajstić information content (AvgIpc) is 2.73. The molecule has 1 aromatic heterocycles. The maximum absolute atomic E-state index is 13.2. The van der Waals surface area contributed by atoms with Crippen LogP contribution in [-0.4, -0.2) is 16.1 Å². The molecule has 162 valence electrons. The molecule has 0 saturated carbocycles. The molecule has 31 heavy (non-hydrogen) atoms. The van der Waals surface area contributed by atoms with E-state index in [9.17, 15) is 4.79 Å². The van der Waals surface area contributed by atoms with E-state index in [0.29, 0.717) is 16.6 Å². The Morgan fingerprint density at radius 1 is 1.10 bits per heavy atom. The quantitative estimate of drug-likeness (QED) is 0.494. The summed E-state index contributed by atoms with van der Waals surface area (Å²) in [6.45, 7) is 15.1. The van der Waals surface area contributed by atoms with Crippen molar-refractivity contribution in [1.82, 2.24) is 9.88 Å². The molecular formula is C26H30N2O2S. The zero-order chi connectivity index (χ0) is 22.7. The van der Waals surface area contributed by atoms with Crippen molar-refractivity contribution in [3.63, 3.8) is 0 Å². The minimum Gasteiger partial charge on any atom is -0.483 e. The van der Waals surface area contributed by atoms with Crippen molar-refractivity contribution in [1.29, 1.82) is 0 Å². The van der Waals surface area contributed by atoms with Crippen molar-refractivity contribution in [3.8, 4) is 5.75 Å². The van der Waals surface area contributed by atoms with Crippen LogP contribution in [0, 0.1) is 32.2 Å². The molecule has 0 aliphatic carbocycles. The van der Waals surface area contributed by atoms with Gasteiger partial charge in [-0.1, -0.05) is 42.0 Å². The van der Waals surface area contributed by atoms with Crippen molar-refractivity contribution in [2.24, 2.45) is 0 Å². The zero-order valence-corrected chi connectivity index (χ0v) is 20.2. The molecule has 1 aliphatic rings. The molecule has 4 nitrogen and oxygen atoms in total. The normalized spacial score (nSPS) is 16.8. The van der Waals surface area contributed by atoms with Gasteiger partial charge in [-0.3, -0.25) is 4.79 Å². The summed E-state index contributed by atoms with van der Waals surface area (Å²) in [6.07, 6.45) is 1.92. The first-order valence-electron chi connectivity index (χ1n) is 10.7. The van der Waals surface area contributed by atoms with E-state index in [2.05, 4.69) is 70.5 Å². The Morgan fingerprint density at radius 2 is 1.74 bits per heavy atom. The van der Waals surface area contributed by atoms with Crippen LogP contribution in [0.3, 0.4) is 0 Å². The van der Waals surface area contributed by atoms with E-state index < -0.39 is 5.60 Å². The fourth-order valence-electron chi connectivity index (χ4n) is 4.29. The largest absolute Gasteiger partial charge is 0.483 e. The minimum absolute atomic E-state index is 0.0447. The van der Waals surface area contributed by atoms with Gasteiger partial charge in [-0.2, -0.15) is 0 Å². The summed E-state index contributed by atoms with van der Waals surface area (Å²) in [6, 6.07) is 8.22. The van der Waals surface area contributed by atoms with Gasteiger partial charge in [0, 0.05) is 18.1 Å². The number of ether oxygens (including phenoxy) is 1. The van der Waals surface area contributed by atoms with Gasteiger partial charge in [0.1, 0.15) is 11.4 Å². The number of carbonyl (C=O) groups is 1. The second-order valence-corrected chi connectivity index (χ2v) is 9.66. The van der Waals surface area contributed by atoms with E-state index in [-0.39, 0.29) is 11.9 Å². The molecule has 1 aliphatic heterocycles. The SMILES string of the molecule is Cc1ccc(CNC(=O)c2cn3c4c(c(C)c(C)c(C)c4c2=S)OC(C)(C)[C@@H]3C)cc1. The number of nitrogens with zero attached hydrogens (tertiary/aromatic N) is 1. The van der Waals surface area contributed by atoms with Crippen LogP contribution in [0.2, 0.25) is 0 Å². The van der Waals surface area contributed by atoms with Crippen LogP contribution in [0.5, 0.6) is 5.75 Å². The summed E-state index contributed by atoms with van der Waals surface area (Å²) >= 11 is 5.87. The molecule has 5 heteroatoms. The lowest BCUT2D eigenvalue weighted by Gasteiger charge is -2.41. The van der Waals surface area contributed by atoms with Crippen LogP contribution in [0.25, 0.3) is 10.9 Å². The highest BCUT2D eigenvalue weighted by Gasteiger charge is 2.37. The first-order valence-corrected chi connectivity index (χ1v) is 11.1. The number of benzene rings is 2. The Kier molecular flexibility index (Phi) is 5.21. The molecule has 2 aromatic carbocycles. The summed E-state index contributed by atoms with van der Waals surface area (Å²) in [5, 5.41) is 4.00. The van der Waals surface area contributed by atoms with Crippen molar-refractivity contribution in [2.75, 3.05) is 0 Å². The standard InChI is InChI=1S/C26H30N2O2S/c1-14-8-10-19(11-9-14)12-27-25(29)20-13-28-18(5)26(6,7)30-23-17(4)15(2)16(3)21(22(23)28)24(20)31/h8-11,13,18H,12H2,1-7H3,(H,27,29)/t18-/m0/s1. The van der Waals surface area contributed by atoms with E-state index >= 15 is 0 Å². The summed E-state index contributed by atoms with van der Waals surface area (Å²) < 4.78 is 9.25. The summed E-state index contributed by atoms with van der Waals surface area (Å²) in [7, 11) is 0. The number of rotatable bonds is 3. The van der Waals surface area contributed by atoms with Crippen molar-refractivity contribution in [3.05, 3.63) is 68.4 Å². The van der Waals surface area contributed by atoms with Crippen molar-refractivity contribution in [2.45, 2.75) is 66.7 Å². The number of nitrogens with one attached hydrogen (secondary N) is 1. The van der Waals surface area contributed by atoms with Gasteiger partial charge in [0.25, 0.3) is 5.91 Å². The Labute approximate surface area is 189 Å². The Balaban J connectivity index is 1.86. The van der Waals surface area contributed by atoms with E-state index in [1.165, 1.54) is 5.56 Å². The van der Waals surface area contributed by atoms with Gasteiger partial charge in [-0.05, 0) is 70.7 Å². The third-order valence-corrected chi connectivity index (χ3v) is 7.32. The van der Waals surface area contributed by atoms with Crippen molar-refractivity contribution < 1.29 is 9.53 Å². The Bertz CT molecular complexity index is 1270.